The summed E-state index contributed by atoms with van der Waals surface area (Å²) < 4.78 is 4.81. The molecule has 3 heteroatoms. The Hall–Kier alpha value is -0.570. The Labute approximate surface area is 93.8 Å². The van der Waals surface area contributed by atoms with Crippen LogP contribution >= 0.6 is 0 Å². The van der Waals surface area contributed by atoms with Crippen LogP contribution in [0, 0.1) is 5.41 Å². The molecule has 90 valence electrons. The predicted molar refractivity (Wildman–Crippen MR) is 62.8 cm³/mol. The van der Waals surface area contributed by atoms with Crippen LogP contribution in [0.2, 0.25) is 0 Å². The fourth-order valence-electron chi connectivity index (χ4n) is 1.66. The molecule has 0 aliphatic rings. The first-order chi connectivity index (χ1) is 6.85. The van der Waals surface area contributed by atoms with Gasteiger partial charge in [-0.3, -0.25) is 9.69 Å². The van der Waals surface area contributed by atoms with E-state index in [-0.39, 0.29) is 5.97 Å². The lowest BCUT2D eigenvalue weighted by atomic mass is 9.92. The second-order valence-corrected chi connectivity index (χ2v) is 4.94. The number of hydrogen-bond donors (Lipinski definition) is 0. The first kappa shape index (κ1) is 14.4. The second-order valence-electron chi connectivity index (χ2n) is 4.94. The lowest BCUT2D eigenvalue weighted by Gasteiger charge is -2.33. The molecule has 0 rings (SSSR count). The summed E-state index contributed by atoms with van der Waals surface area (Å²) in [5.74, 6) is -0.135. The quantitative estimate of drug-likeness (QED) is 0.637. The van der Waals surface area contributed by atoms with E-state index in [1.54, 1.807) is 0 Å². The normalized spacial score (nSPS) is 12.3. The van der Waals surface area contributed by atoms with Crippen molar-refractivity contribution in [1.82, 2.24) is 4.90 Å². The standard InChI is InChI=1S/C12H25NO2/c1-7-8-13(10(2)3)9-12(4,5)11(14)15-6/h10H,7-9H2,1-6H3. The number of hydrogen-bond acceptors (Lipinski definition) is 3. The van der Waals surface area contributed by atoms with E-state index in [1.165, 1.54) is 7.11 Å². The van der Waals surface area contributed by atoms with Gasteiger partial charge < -0.3 is 4.74 Å². The van der Waals surface area contributed by atoms with Gasteiger partial charge in [0.25, 0.3) is 0 Å². The van der Waals surface area contributed by atoms with Crippen molar-refractivity contribution in [3.8, 4) is 0 Å². The van der Waals surface area contributed by atoms with Crippen molar-refractivity contribution in [2.24, 2.45) is 5.41 Å². The molecule has 0 atom stereocenters. The molecule has 0 saturated carbocycles. The maximum Gasteiger partial charge on any atom is 0.312 e. The van der Waals surface area contributed by atoms with Gasteiger partial charge in [-0.05, 0) is 40.7 Å². The molecular formula is C12H25NO2. The third kappa shape index (κ3) is 4.65. The maximum atomic E-state index is 11.5. The van der Waals surface area contributed by atoms with E-state index in [1.807, 2.05) is 13.8 Å². The number of rotatable bonds is 6. The van der Waals surface area contributed by atoms with E-state index in [9.17, 15) is 4.79 Å². The number of methoxy groups -OCH3 is 1. The summed E-state index contributed by atoms with van der Waals surface area (Å²) in [5, 5.41) is 0. The molecule has 0 N–H and O–H groups in total. The fraction of sp³-hybridized carbons (Fsp3) is 0.917. The molecule has 0 heterocycles. The number of nitrogens with zero attached hydrogens (tertiary/aromatic N) is 1. The third-order valence-electron chi connectivity index (χ3n) is 2.58. The third-order valence-corrected chi connectivity index (χ3v) is 2.58. The molecule has 0 aromatic heterocycles. The first-order valence-electron chi connectivity index (χ1n) is 5.67. The molecule has 0 aliphatic carbocycles. The van der Waals surface area contributed by atoms with Gasteiger partial charge in [-0.15, -0.1) is 0 Å². The monoisotopic (exact) mass is 215 g/mol. The molecule has 0 aromatic rings. The van der Waals surface area contributed by atoms with Crippen LogP contribution in [-0.2, 0) is 9.53 Å². The Bertz CT molecular complexity index is 200. The van der Waals surface area contributed by atoms with Gasteiger partial charge in [-0.25, -0.2) is 0 Å². The smallest absolute Gasteiger partial charge is 0.312 e. The minimum atomic E-state index is -0.422. The van der Waals surface area contributed by atoms with E-state index in [2.05, 4.69) is 25.7 Å². The van der Waals surface area contributed by atoms with Gasteiger partial charge in [-0.2, -0.15) is 0 Å². The Kier molecular flexibility index (Phi) is 5.88. The predicted octanol–water partition coefficient (Wildman–Crippen LogP) is 2.31. The van der Waals surface area contributed by atoms with Crippen molar-refractivity contribution in [1.29, 1.82) is 0 Å². The van der Waals surface area contributed by atoms with Gasteiger partial charge in [-0.1, -0.05) is 6.92 Å². The highest BCUT2D eigenvalue weighted by Crippen LogP contribution is 2.20. The van der Waals surface area contributed by atoms with E-state index < -0.39 is 5.41 Å². The Morgan fingerprint density at radius 1 is 1.40 bits per heavy atom. The lowest BCUT2D eigenvalue weighted by molar-refractivity contribution is -0.152. The molecule has 0 saturated heterocycles. The van der Waals surface area contributed by atoms with E-state index in [0.29, 0.717) is 6.04 Å². The largest absolute Gasteiger partial charge is 0.469 e. The van der Waals surface area contributed by atoms with Crippen LogP contribution in [0.5, 0.6) is 0 Å². The van der Waals surface area contributed by atoms with Gasteiger partial charge in [0.1, 0.15) is 0 Å². The molecule has 0 aromatic carbocycles. The first-order valence-corrected chi connectivity index (χ1v) is 5.67. The van der Waals surface area contributed by atoms with Gasteiger partial charge in [0, 0.05) is 12.6 Å². The number of esters is 1. The second kappa shape index (κ2) is 6.11. The Morgan fingerprint density at radius 2 is 1.93 bits per heavy atom. The maximum absolute atomic E-state index is 11.5. The van der Waals surface area contributed by atoms with Crippen LogP contribution in [0.1, 0.15) is 41.0 Å². The summed E-state index contributed by atoms with van der Waals surface area (Å²) in [5.41, 5.74) is -0.422. The van der Waals surface area contributed by atoms with Crippen LogP contribution in [0.3, 0.4) is 0 Å². The van der Waals surface area contributed by atoms with Crippen LogP contribution in [-0.4, -0.2) is 37.1 Å². The van der Waals surface area contributed by atoms with Gasteiger partial charge in [0.15, 0.2) is 0 Å². The summed E-state index contributed by atoms with van der Waals surface area (Å²) in [7, 11) is 1.45. The zero-order valence-corrected chi connectivity index (χ0v) is 11.0. The molecule has 0 unspecified atom stereocenters. The van der Waals surface area contributed by atoms with Crippen LogP contribution in [0.25, 0.3) is 0 Å². The van der Waals surface area contributed by atoms with Gasteiger partial charge in [0.05, 0.1) is 12.5 Å². The molecule has 0 aliphatic heterocycles. The summed E-state index contributed by atoms with van der Waals surface area (Å²) in [6, 6.07) is 0.467. The molecule has 0 bridgehead atoms. The average Bonchev–Trinajstić information content (AvgIpc) is 2.15. The highest BCUT2D eigenvalue weighted by molar-refractivity contribution is 5.76. The number of carbonyl (C=O) groups excluding carboxylic acids is 1. The Morgan fingerprint density at radius 3 is 2.27 bits per heavy atom. The highest BCUT2D eigenvalue weighted by atomic mass is 16.5. The zero-order chi connectivity index (χ0) is 12.1. The van der Waals surface area contributed by atoms with E-state index in [4.69, 9.17) is 4.74 Å². The molecule has 0 spiro atoms. The highest BCUT2D eigenvalue weighted by Gasteiger charge is 2.31. The molecule has 3 nitrogen and oxygen atoms in total. The van der Waals surface area contributed by atoms with Crippen molar-refractivity contribution in [2.45, 2.75) is 47.1 Å². The van der Waals surface area contributed by atoms with Crippen molar-refractivity contribution in [3.63, 3.8) is 0 Å². The minimum absolute atomic E-state index is 0.135. The minimum Gasteiger partial charge on any atom is -0.469 e. The summed E-state index contributed by atoms with van der Waals surface area (Å²) in [6.45, 7) is 12.1. The van der Waals surface area contributed by atoms with E-state index in [0.717, 1.165) is 19.5 Å². The molecule has 15 heavy (non-hydrogen) atoms. The number of carbonyl (C=O) groups is 1. The van der Waals surface area contributed by atoms with Crippen molar-refractivity contribution < 1.29 is 9.53 Å². The average molecular weight is 215 g/mol. The van der Waals surface area contributed by atoms with E-state index >= 15 is 0 Å². The molecule has 0 fully saturated rings. The molecule has 0 amide bonds. The molecular weight excluding hydrogens is 190 g/mol. The SMILES string of the molecule is CCCN(CC(C)(C)C(=O)OC)C(C)C. The van der Waals surface area contributed by atoms with Crippen molar-refractivity contribution in [3.05, 3.63) is 0 Å². The van der Waals surface area contributed by atoms with Crippen molar-refractivity contribution >= 4 is 5.97 Å². The summed E-state index contributed by atoms with van der Waals surface area (Å²) in [6.07, 6.45) is 1.11. The fourth-order valence-corrected chi connectivity index (χ4v) is 1.66. The lowest BCUT2D eigenvalue weighted by Crippen LogP contribution is -2.43. The van der Waals surface area contributed by atoms with Gasteiger partial charge >= 0.3 is 5.97 Å². The van der Waals surface area contributed by atoms with Crippen molar-refractivity contribution in [2.75, 3.05) is 20.2 Å². The Balaban J connectivity index is 4.44. The zero-order valence-electron chi connectivity index (χ0n) is 11.0. The van der Waals surface area contributed by atoms with Crippen LogP contribution in [0.4, 0.5) is 0 Å². The number of ether oxygens (including phenoxy) is 1. The van der Waals surface area contributed by atoms with Crippen LogP contribution in [0.15, 0.2) is 0 Å². The summed E-state index contributed by atoms with van der Waals surface area (Å²) >= 11 is 0. The van der Waals surface area contributed by atoms with Crippen LogP contribution < -0.4 is 0 Å². The topological polar surface area (TPSA) is 29.5 Å². The van der Waals surface area contributed by atoms with Gasteiger partial charge in [0.2, 0.25) is 0 Å². The molecule has 0 radical (unpaired) electrons. The summed E-state index contributed by atoms with van der Waals surface area (Å²) in [4.78, 5) is 13.9.